The lowest BCUT2D eigenvalue weighted by Gasteiger charge is -2.33. The molecule has 348 valence electrons. The van der Waals surface area contributed by atoms with E-state index in [-0.39, 0.29) is 0 Å². The SMILES string of the molecule is c1ccc(-c2ccccc2-c2ccc(N(c3ccc4c5ccccc5c5ccccc5c4c3)c3cc4c(cc3-n3c5ccccc5c5ccccc53)-c3ccccc3C43c4ccccc4-c4ccccc43)cc2)cc1. The monoisotopic (exact) mass is 950 g/mol. The van der Waals surface area contributed by atoms with Crippen LogP contribution in [0.4, 0.5) is 17.1 Å². The summed E-state index contributed by atoms with van der Waals surface area (Å²) in [5.74, 6) is 0. The van der Waals surface area contributed by atoms with Crippen LogP contribution in [0.1, 0.15) is 22.3 Å². The lowest BCUT2D eigenvalue weighted by Crippen LogP contribution is -2.26. The maximum atomic E-state index is 2.58. The van der Waals surface area contributed by atoms with E-state index >= 15 is 0 Å². The van der Waals surface area contributed by atoms with E-state index in [4.69, 9.17) is 0 Å². The molecule has 16 rings (SSSR count). The molecule has 0 aliphatic heterocycles. The van der Waals surface area contributed by atoms with Crippen molar-refractivity contribution in [3.63, 3.8) is 0 Å². The van der Waals surface area contributed by atoms with Crippen LogP contribution in [0, 0.1) is 0 Å². The smallest absolute Gasteiger partial charge is 0.0726 e. The first-order valence-corrected chi connectivity index (χ1v) is 26.1. The molecule has 75 heavy (non-hydrogen) atoms. The van der Waals surface area contributed by atoms with E-state index in [1.165, 1.54) is 121 Å². The molecule has 2 aliphatic carbocycles. The first kappa shape index (κ1) is 41.8. The molecule has 13 aromatic carbocycles. The number of hydrogen-bond donors (Lipinski definition) is 0. The van der Waals surface area contributed by atoms with Gasteiger partial charge in [0.05, 0.1) is 27.8 Å². The van der Waals surface area contributed by atoms with Crippen molar-refractivity contribution in [1.82, 2.24) is 4.57 Å². The van der Waals surface area contributed by atoms with Crippen LogP contribution in [0.3, 0.4) is 0 Å². The standard InChI is InChI=1S/C73H46N2/c1-2-20-47(21-3-1)51-22-4-5-23-52(51)48-38-40-49(41-39-48)74(50-42-43-57-55-26-7-6-24-53(55)54-25-8-9-27-56(54)63(57)44-50)72-46-68-64(45-71(72)75-69-36-18-13-31-61(69)62-32-14-19-37-70(62)75)60-30-12-17-35-67(60)73(68)65-33-15-10-28-58(65)59-29-11-16-34-66(59)73/h1-46H. The highest BCUT2D eigenvalue weighted by Gasteiger charge is 2.52. The summed E-state index contributed by atoms with van der Waals surface area (Å²) in [7, 11) is 0. The second-order valence-corrected chi connectivity index (χ2v) is 20.3. The van der Waals surface area contributed by atoms with Gasteiger partial charge in [0, 0.05) is 22.1 Å². The Hall–Kier alpha value is -9.76. The summed E-state index contributed by atoms with van der Waals surface area (Å²) in [6, 6.07) is 104. The zero-order valence-electron chi connectivity index (χ0n) is 41.0. The maximum absolute atomic E-state index is 2.58. The highest BCUT2D eigenvalue weighted by Crippen LogP contribution is 2.64. The predicted octanol–water partition coefficient (Wildman–Crippen LogP) is 19.4. The van der Waals surface area contributed by atoms with Crippen LogP contribution >= 0.6 is 0 Å². The number of fused-ring (bicyclic) bond motifs is 19. The van der Waals surface area contributed by atoms with Crippen molar-refractivity contribution in [2.24, 2.45) is 0 Å². The summed E-state index contributed by atoms with van der Waals surface area (Å²) in [6.45, 7) is 0. The third-order valence-corrected chi connectivity index (χ3v) is 16.6. The van der Waals surface area contributed by atoms with Gasteiger partial charge >= 0.3 is 0 Å². The molecule has 0 bridgehead atoms. The molecule has 0 fully saturated rings. The van der Waals surface area contributed by atoms with Gasteiger partial charge in [-0.1, -0.05) is 231 Å². The molecule has 1 spiro atoms. The summed E-state index contributed by atoms with van der Waals surface area (Å²) >= 11 is 0. The topological polar surface area (TPSA) is 8.17 Å². The highest BCUT2D eigenvalue weighted by molar-refractivity contribution is 6.26. The van der Waals surface area contributed by atoms with E-state index in [0.717, 1.165) is 22.7 Å². The zero-order chi connectivity index (χ0) is 49.2. The Bertz CT molecular complexity index is 4520. The highest BCUT2D eigenvalue weighted by atomic mass is 15.2. The molecule has 2 nitrogen and oxygen atoms in total. The van der Waals surface area contributed by atoms with Crippen LogP contribution in [0.15, 0.2) is 279 Å². The van der Waals surface area contributed by atoms with Crippen molar-refractivity contribution in [2.45, 2.75) is 5.41 Å². The molecule has 0 saturated heterocycles. The molecule has 0 N–H and O–H groups in total. The van der Waals surface area contributed by atoms with Gasteiger partial charge in [-0.2, -0.15) is 0 Å². The molecule has 1 heterocycles. The molecular formula is C73H46N2. The van der Waals surface area contributed by atoms with Gasteiger partial charge < -0.3 is 9.47 Å². The van der Waals surface area contributed by atoms with Crippen molar-refractivity contribution < 1.29 is 0 Å². The van der Waals surface area contributed by atoms with E-state index in [2.05, 4.69) is 289 Å². The molecule has 0 saturated carbocycles. The zero-order valence-corrected chi connectivity index (χ0v) is 41.0. The predicted molar refractivity (Wildman–Crippen MR) is 315 cm³/mol. The second-order valence-electron chi connectivity index (χ2n) is 20.3. The Labute approximate surface area is 435 Å². The first-order valence-electron chi connectivity index (χ1n) is 26.1. The Morgan fingerprint density at radius 2 is 0.653 bits per heavy atom. The molecule has 0 unspecified atom stereocenters. The van der Waals surface area contributed by atoms with E-state index in [1.807, 2.05) is 0 Å². The minimum atomic E-state index is -0.553. The van der Waals surface area contributed by atoms with E-state index < -0.39 is 5.41 Å². The lowest BCUT2D eigenvalue weighted by molar-refractivity contribution is 0.793. The second kappa shape index (κ2) is 16.1. The van der Waals surface area contributed by atoms with Gasteiger partial charge in [-0.3, -0.25) is 0 Å². The summed E-state index contributed by atoms with van der Waals surface area (Å²) in [4.78, 5) is 2.55. The van der Waals surface area contributed by atoms with Gasteiger partial charge in [-0.05, 0) is 148 Å². The molecule has 1 aromatic heterocycles. The van der Waals surface area contributed by atoms with Crippen LogP contribution < -0.4 is 4.90 Å². The number of nitrogens with zero attached hydrogens (tertiary/aromatic N) is 2. The Morgan fingerprint density at radius 3 is 1.20 bits per heavy atom. The quantitative estimate of drug-likeness (QED) is 0.151. The van der Waals surface area contributed by atoms with Crippen LogP contribution in [0.25, 0.3) is 104 Å². The number of hydrogen-bond acceptors (Lipinski definition) is 1. The fraction of sp³-hybridized carbons (Fsp3) is 0.0137. The van der Waals surface area contributed by atoms with E-state index in [0.29, 0.717) is 0 Å². The lowest BCUT2D eigenvalue weighted by atomic mass is 9.70. The molecule has 0 amide bonds. The minimum absolute atomic E-state index is 0.553. The van der Waals surface area contributed by atoms with Gasteiger partial charge in [-0.15, -0.1) is 0 Å². The van der Waals surface area contributed by atoms with Crippen molar-refractivity contribution in [3.05, 3.63) is 301 Å². The summed E-state index contributed by atoms with van der Waals surface area (Å²) in [5, 5.41) is 9.95. The van der Waals surface area contributed by atoms with E-state index in [9.17, 15) is 0 Å². The Kier molecular flexibility index (Phi) is 8.99. The molecular weight excluding hydrogens is 905 g/mol. The third kappa shape index (κ3) is 5.91. The average molecular weight is 951 g/mol. The Balaban J connectivity index is 1.04. The molecule has 14 aromatic rings. The number of anilines is 3. The van der Waals surface area contributed by atoms with Gasteiger partial charge in [0.2, 0.25) is 0 Å². The first-order chi connectivity index (χ1) is 37.2. The molecule has 0 atom stereocenters. The average Bonchev–Trinajstić information content (AvgIpc) is 4.11. The van der Waals surface area contributed by atoms with Crippen LogP contribution in [-0.2, 0) is 5.41 Å². The van der Waals surface area contributed by atoms with Gasteiger partial charge in [0.15, 0.2) is 0 Å². The number of aromatic nitrogens is 1. The summed E-state index contributed by atoms with van der Waals surface area (Å²) in [6.07, 6.45) is 0. The number of para-hydroxylation sites is 2. The fourth-order valence-electron chi connectivity index (χ4n) is 13.5. The minimum Gasteiger partial charge on any atom is -0.308 e. The largest absolute Gasteiger partial charge is 0.308 e. The van der Waals surface area contributed by atoms with Crippen LogP contribution in [0.2, 0.25) is 0 Å². The van der Waals surface area contributed by atoms with Crippen LogP contribution in [-0.4, -0.2) is 4.57 Å². The molecule has 2 aliphatic rings. The normalized spacial score (nSPS) is 12.9. The van der Waals surface area contributed by atoms with E-state index in [1.54, 1.807) is 0 Å². The molecule has 0 radical (unpaired) electrons. The van der Waals surface area contributed by atoms with Crippen molar-refractivity contribution in [3.8, 4) is 50.2 Å². The van der Waals surface area contributed by atoms with Gasteiger partial charge in [-0.25, -0.2) is 0 Å². The van der Waals surface area contributed by atoms with Crippen molar-refractivity contribution in [1.29, 1.82) is 0 Å². The van der Waals surface area contributed by atoms with Gasteiger partial charge in [0.25, 0.3) is 0 Å². The summed E-state index contributed by atoms with van der Waals surface area (Å²) in [5.41, 5.74) is 21.3. The molecule has 2 heteroatoms. The number of rotatable bonds is 6. The Morgan fingerprint density at radius 1 is 0.253 bits per heavy atom. The van der Waals surface area contributed by atoms with Crippen LogP contribution in [0.5, 0.6) is 0 Å². The van der Waals surface area contributed by atoms with Crippen molar-refractivity contribution >= 4 is 71.2 Å². The summed E-state index contributed by atoms with van der Waals surface area (Å²) < 4.78 is 2.53. The fourth-order valence-corrected chi connectivity index (χ4v) is 13.5. The van der Waals surface area contributed by atoms with Gasteiger partial charge in [0.1, 0.15) is 0 Å². The maximum Gasteiger partial charge on any atom is 0.0726 e. The third-order valence-electron chi connectivity index (χ3n) is 16.6. The number of benzene rings is 13. The van der Waals surface area contributed by atoms with Crippen molar-refractivity contribution in [2.75, 3.05) is 4.90 Å².